The molecule has 2 bridgehead atoms. The highest BCUT2D eigenvalue weighted by molar-refractivity contribution is 5.98. The summed E-state index contributed by atoms with van der Waals surface area (Å²) in [5, 5.41) is 16.9. The Labute approximate surface area is 217 Å². The molecule has 1 aliphatic heterocycles. The number of hydrogen-bond donors (Lipinski definition) is 3. The monoisotopic (exact) mass is 511 g/mol. The van der Waals surface area contributed by atoms with Gasteiger partial charge in [-0.15, -0.1) is 0 Å². The average molecular weight is 512 g/mol. The number of amides is 2. The number of carboxylic acid groups (broad SMARTS) is 1. The summed E-state index contributed by atoms with van der Waals surface area (Å²) in [5.74, 6) is 1.75. The van der Waals surface area contributed by atoms with Gasteiger partial charge >= 0.3 is 6.09 Å². The van der Waals surface area contributed by atoms with Crippen LogP contribution in [-0.2, 0) is 4.79 Å². The lowest BCUT2D eigenvalue weighted by Gasteiger charge is -2.32. The molecular weight excluding hydrogens is 486 g/mol. The number of nitrogens with two attached hydrogens (primary N) is 1. The Morgan fingerprint density at radius 1 is 1.11 bits per heavy atom. The number of nitrogens with zero attached hydrogens (tertiary/aromatic N) is 5. The fourth-order valence-corrected chi connectivity index (χ4v) is 5.63. The maximum absolute atomic E-state index is 12.4. The Morgan fingerprint density at radius 3 is 2.63 bits per heavy atom. The number of aromatic nitrogens is 4. The lowest BCUT2D eigenvalue weighted by Crippen LogP contribution is -2.42. The number of ether oxygens (including phenoxy) is 1. The highest BCUT2D eigenvalue weighted by Crippen LogP contribution is 2.46. The summed E-state index contributed by atoms with van der Waals surface area (Å²) >= 11 is 0. The lowest BCUT2D eigenvalue weighted by molar-refractivity contribution is -0.128. The molecule has 2 aromatic heterocycles. The van der Waals surface area contributed by atoms with Crippen LogP contribution in [0.4, 0.5) is 16.3 Å². The number of nitrogen functional groups attached to an aromatic ring is 1. The number of nitrogens with one attached hydrogen (secondary N) is 1. The van der Waals surface area contributed by atoms with Crippen molar-refractivity contribution >= 4 is 34.5 Å². The van der Waals surface area contributed by atoms with Gasteiger partial charge in [-0.25, -0.2) is 19.4 Å². The van der Waals surface area contributed by atoms with E-state index in [-0.39, 0.29) is 18.0 Å². The zero-order valence-corrected chi connectivity index (χ0v) is 20.3. The minimum absolute atomic E-state index is 0.0162. The molecule has 1 saturated carbocycles. The van der Waals surface area contributed by atoms with Gasteiger partial charge in [-0.05, 0) is 61.2 Å². The average Bonchev–Trinajstić information content (AvgIpc) is 3.62. The van der Waals surface area contributed by atoms with Crippen molar-refractivity contribution in [2.45, 2.75) is 24.9 Å². The van der Waals surface area contributed by atoms with Crippen LogP contribution in [0.25, 0.3) is 22.3 Å². The Bertz CT molecular complexity index is 1570. The molecule has 38 heavy (non-hydrogen) atoms. The molecule has 4 N–H and O–H groups in total. The minimum Gasteiger partial charge on any atom is -0.465 e. The summed E-state index contributed by atoms with van der Waals surface area (Å²) in [7, 11) is 0. The van der Waals surface area contributed by atoms with Gasteiger partial charge in [0.25, 0.3) is 0 Å². The molecule has 2 amide bonds. The van der Waals surface area contributed by atoms with E-state index in [4.69, 9.17) is 20.7 Å². The van der Waals surface area contributed by atoms with Crippen molar-refractivity contribution < 1.29 is 19.4 Å². The van der Waals surface area contributed by atoms with Crippen molar-refractivity contribution in [1.29, 1.82) is 0 Å². The van der Waals surface area contributed by atoms with Crippen LogP contribution in [0.2, 0.25) is 0 Å². The van der Waals surface area contributed by atoms with E-state index >= 15 is 0 Å². The third-order valence-corrected chi connectivity index (χ3v) is 7.19. The Hall–Kier alpha value is -4.93. The molecule has 0 radical (unpaired) electrons. The Balaban J connectivity index is 1.32. The van der Waals surface area contributed by atoms with Crippen molar-refractivity contribution in [3.05, 3.63) is 67.5 Å². The van der Waals surface area contributed by atoms with Gasteiger partial charge in [-0.1, -0.05) is 12.6 Å². The van der Waals surface area contributed by atoms with Gasteiger partial charge < -0.3 is 20.5 Å². The second kappa shape index (κ2) is 9.18. The molecule has 0 spiro atoms. The van der Waals surface area contributed by atoms with Gasteiger partial charge in [-0.3, -0.25) is 10.1 Å². The summed E-state index contributed by atoms with van der Waals surface area (Å²) in [6, 6.07) is 14.1. The summed E-state index contributed by atoms with van der Waals surface area (Å²) in [6.07, 6.45) is 3.49. The highest BCUT2D eigenvalue weighted by Gasteiger charge is 2.48. The molecule has 6 rings (SSSR count). The molecule has 1 aliphatic carbocycles. The maximum atomic E-state index is 12.4. The lowest BCUT2D eigenvalue weighted by atomic mass is 10.1. The van der Waals surface area contributed by atoms with E-state index < -0.39 is 6.09 Å². The molecule has 2 aromatic carbocycles. The third-order valence-electron chi connectivity index (χ3n) is 7.19. The van der Waals surface area contributed by atoms with Crippen molar-refractivity contribution in [2.24, 2.45) is 5.92 Å². The predicted octanol–water partition coefficient (Wildman–Crippen LogP) is 4.31. The second-order valence-electron chi connectivity index (χ2n) is 9.50. The summed E-state index contributed by atoms with van der Waals surface area (Å²) < 4.78 is 7.82. The summed E-state index contributed by atoms with van der Waals surface area (Å²) in [6.45, 7) is 4.40. The van der Waals surface area contributed by atoms with Gasteiger partial charge in [0.1, 0.15) is 29.3 Å². The van der Waals surface area contributed by atoms with Crippen LogP contribution < -0.4 is 15.8 Å². The predicted molar refractivity (Wildman–Crippen MR) is 141 cm³/mol. The van der Waals surface area contributed by atoms with E-state index in [1.54, 1.807) is 36.4 Å². The highest BCUT2D eigenvalue weighted by atomic mass is 16.5. The maximum Gasteiger partial charge on any atom is 0.409 e. The van der Waals surface area contributed by atoms with E-state index in [0.717, 1.165) is 24.9 Å². The van der Waals surface area contributed by atoms with Crippen LogP contribution >= 0.6 is 0 Å². The van der Waals surface area contributed by atoms with Gasteiger partial charge in [0, 0.05) is 23.9 Å². The zero-order chi connectivity index (χ0) is 26.4. The number of anilines is 2. The van der Waals surface area contributed by atoms with Gasteiger partial charge in [-0.2, -0.15) is 5.10 Å². The number of fused-ring (bicyclic) bond motifs is 3. The normalized spacial score (nSPS) is 20.0. The molecule has 11 nitrogen and oxygen atoms in total. The van der Waals surface area contributed by atoms with Crippen LogP contribution in [0.15, 0.2) is 67.5 Å². The molecule has 4 aromatic rings. The van der Waals surface area contributed by atoms with Crippen LogP contribution in [-0.4, -0.2) is 54.3 Å². The summed E-state index contributed by atoms with van der Waals surface area (Å²) in [4.78, 5) is 34.0. The number of carbonyl (C=O) groups excluding carboxylic acids is 1. The van der Waals surface area contributed by atoms with Gasteiger partial charge in [0.2, 0.25) is 5.91 Å². The standard InChI is InChI=1S/C27H25N7O4/c1-2-22(35)33-13-15-10-20(33)21(11-15)34-26-23(25(28)29-14-30-26)24(32-34)16-6-8-18(9-7-16)38-19-5-3-4-17(12-19)31-27(36)37/h2-9,12,14-15,20-21,31H,1,10-11,13H2,(H,36,37)(H2,28,29,30). The smallest absolute Gasteiger partial charge is 0.409 e. The topological polar surface area (TPSA) is 148 Å². The molecule has 192 valence electrons. The number of benzene rings is 2. The largest absolute Gasteiger partial charge is 0.465 e. The molecule has 3 unspecified atom stereocenters. The molecule has 1 saturated heterocycles. The first-order chi connectivity index (χ1) is 18.4. The number of rotatable bonds is 6. The van der Waals surface area contributed by atoms with Crippen LogP contribution in [0.3, 0.4) is 0 Å². The summed E-state index contributed by atoms with van der Waals surface area (Å²) in [5.41, 5.74) is 8.82. The molecule has 2 fully saturated rings. The second-order valence-corrected chi connectivity index (χ2v) is 9.50. The fourth-order valence-electron chi connectivity index (χ4n) is 5.63. The molecule has 2 aliphatic rings. The molecule has 11 heteroatoms. The quantitative estimate of drug-likeness (QED) is 0.324. The number of carbonyl (C=O) groups is 2. The third kappa shape index (κ3) is 4.07. The van der Waals surface area contributed by atoms with Crippen LogP contribution in [0.1, 0.15) is 18.9 Å². The van der Waals surface area contributed by atoms with E-state index in [2.05, 4.69) is 21.9 Å². The van der Waals surface area contributed by atoms with E-state index in [0.29, 0.717) is 45.6 Å². The Kier molecular flexibility index (Phi) is 5.67. The van der Waals surface area contributed by atoms with Crippen LogP contribution in [0, 0.1) is 5.92 Å². The van der Waals surface area contributed by atoms with E-state index in [9.17, 15) is 9.59 Å². The zero-order valence-electron chi connectivity index (χ0n) is 20.3. The van der Waals surface area contributed by atoms with Crippen molar-refractivity contribution in [1.82, 2.24) is 24.6 Å². The minimum atomic E-state index is -1.15. The SMILES string of the molecule is C=CC(=O)N1CC2CC1C(n1nc(-c3ccc(Oc4cccc(NC(=O)O)c4)cc3)c3c(N)ncnc31)C2. The van der Waals surface area contributed by atoms with E-state index in [1.807, 2.05) is 21.7 Å². The van der Waals surface area contributed by atoms with Crippen molar-refractivity contribution in [2.75, 3.05) is 17.6 Å². The number of likely N-dealkylation sites (tertiary alicyclic amines) is 1. The van der Waals surface area contributed by atoms with Gasteiger partial charge in [0.15, 0.2) is 5.65 Å². The fraction of sp³-hybridized carbons (Fsp3) is 0.222. The Morgan fingerprint density at radius 2 is 1.89 bits per heavy atom. The first-order valence-corrected chi connectivity index (χ1v) is 12.2. The van der Waals surface area contributed by atoms with Crippen molar-refractivity contribution in [3.63, 3.8) is 0 Å². The van der Waals surface area contributed by atoms with Crippen LogP contribution in [0.5, 0.6) is 11.5 Å². The molecule has 3 atom stereocenters. The molecular formula is C27H25N7O4. The van der Waals surface area contributed by atoms with Crippen molar-refractivity contribution in [3.8, 4) is 22.8 Å². The first-order valence-electron chi connectivity index (χ1n) is 12.2. The molecule has 3 heterocycles. The van der Waals surface area contributed by atoms with E-state index in [1.165, 1.54) is 12.4 Å². The first kappa shape index (κ1) is 23.5. The number of hydrogen-bond acceptors (Lipinski definition) is 7. The number of piperidine rings is 1. The van der Waals surface area contributed by atoms with Gasteiger partial charge in [0.05, 0.1) is 17.5 Å².